The van der Waals surface area contributed by atoms with Gasteiger partial charge in [-0.3, -0.25) is 9.78 Å². The van der Waals surface area contributed by atoms with Gasteiger partial charge in [0.15, 0.2) is 0 Å². The molecule has 122 valence electrons. The van der Waals surface area contributed by atoms with Gasteiger partial charge in [0.2, 0.25) is 0 Å². The number of rotatable bonds is 3. The molecule has 0 bridgehead atoms. The third-order valence-electron chi connectivity index (χ3n) is 2.67. The van der Waals surface area contributed by atoms with E-state index in [1.807, 2.05) is 0 Å². The van der Waals surface area contributed by atoms with Gasteiger partial charge in [0, 0.05) is 6.20 Å². The summed E-state index contributed by atoms with van der Waals surface area (Å²) in [7, 11) is 0. The first-order valence-electron chi connectivity index (χ1n) is 7.39. The molecule has 1 aromatic heterocycles. The van der Waals surface area contributed by atoms with Crippen LogP contribution in [0.4, 0.5) is 13.2 Å². The van der Waals surface area contributed by atoms with Crippen molar-refractivity contribution in [2.45, 2.75) is 12.7 Å². The number of alkyl halides is 3. The van der Waals surface area contributed by atoms with E-state index in [2.05, 4.69) is 10.3 Å². The molecular weight excluding hydrogens is 376 g/mol. The molecule has 0 radical (unpaired) electrons. The zero-order chi connectivity index (χ0) is 19.8. The standard InChI is InChI=1S/C14H8Cl3F3N2O/c15-8-2-1-3-9(16)12(8)13(23)22-6-11-10(17)4-7(5-21-11)14(18,19)20/h1-5H,6H2,(H,22,23)/i1D,2D,3D. The van der Waals surface area contributed by atoms with Gasteiger partial charge in [0.1, 0.15) is 0 Å². The molecule has 1 aromatic carbocycles. The lowest BCUT2D eigenvalue weighted by molar-refractivity contribution is -0.137. The Morgan fingerprint density at radius 1 is 1.22 bits per heavy atom. The molecule has 0 unspecified atom stereocenters. The van der Waals surface area contributed by atoms with Crippen molar-refractivity contribution in [2.24, 2.45) is 0 Å². The van der Waals surface area contributed by atoms with Gasteiger partial charge in [-0.1, -0.05) is 40.8 Å². The maximum absolute atomic E-state index is 12.6. The molecule has 0 aliphatic heterocycles. The first-order chi connectivity index (χ1) is 11.9. The fourth-order valence-corrected chi connectivity index (χ4v) is 2.30. The first-order valence-corrected chi connectivity index (χ1v) is 7.03. The predicted molar refractivity (Wildman–Crippen MR) is 81.9 cm³/mol. The van der Waals surface area contributed by atoms with Crippen molar-refractivity contribution in [3.8, 4) is 0 Å². The van der Waals surface area contributed by atoms with E-state index in [1.54, 1.807) is 0 Å². The molecule has 0 atom stereocenters. The fourth-order valence-electron chi connectivity index (χ4n) is 1.57. The van der Waals surface area contributed by atoms with Crippen LogP contribution in [0.15, 0.2) is 30.4 Å². The van der Waals surface area contributed by atoms with Gasteiger partial charge in [0.25, 0.3) is 5.91 Å². The number of nitrogens with zero attached hydrogens (tertiary/aromatic N) is 1. The largest absolute Gasteiger partial charge is 0.417 e. The Hall–Kier alpha value is -1.50. The lowest BCUT2D eigenvalue weighted by atomic mass is 10.2. The van der Waals surface area contributed by atoms with Crippen LogP contribution in [0.2, 0.25) is 15.1 Å². The van der Waals surface area contributed by atoms with E-state index >= 15 is 0 Å². The smallest absolute Gasteiger partial charge is 0.346 e. The highest BCUT2D eigenvalue weighted by molar-refractivity contribution is 6.39. The van der Waals surface area contributed by atoms with Gasteiger partial charge in [0.05, 0.1) is 42.5 Å². The summed E-state index contributed by atoms with van der Waals surface area (Å²) in [6.07, 6.45) is -4.03. The van der Waals surface area contributed by atoms with Crippen LogP contribution in [0.25, 0.3) is 0 Å². The van der Waals surface area contributed by atoms with E-state index in [0.29, 0.717) is 12.3 Å². The maximum atomic E-state index is 12.6. The van der Waals surface area contributed by atoms with Crippen molar-refractivity contribution < 1.29 is 22.1 Å². The zero-order valence-corrected chi connectivity index (χ0v) is 13.3. The summed E-state index contributed by atoms with van der Waals surface area (Å²) >= 11 is 17.5. The Morgan fingerprint density at radius 3 is 2.35 bits per heavy atom. The van der Waals surface area contributed by atoms with Crippen molar-refractivity contribution in [2.75, 3.05) is 0 Å². The number of nitrogens with one attached hydrogen (secondary N) is 1. The van der Waals surface area contributed by atoms with Crippen LogP contribution in [-0.4, -0.2) is 10.9 Å². The highest BCUT2D eigenvalue weighted by atomic mass is 35.5. The minimum absolute atomic E-state index is 0.0328. The average Bonchev–Trinajstić information content (AvgIpc) is 2.56. The summed E-state index contributed by atoms with van der Waals surface area (Å²) < 4.78 is 60.5. The Bertz CT molecular complexity index is 865. The molecule has 23 heavy (non-hydrogen) atoms. The molecule has 3 nitrogen and oxygen atoms in total. The molecular formula is C14H8Cl3F3N2O. The number of hydrogen-bond acceptors (Lipinski definition) is 2. The Kier molecular flexibility index (Phi) is 4.20. The number of carbonyl (C=O) groups excluding carboxylic acids is 1. The fraction of sp³-hybridized carbons (Fsp3) is 0.143. The minimum atomic E-state index is -4.60. The van der Waals surface area contributed by atoms with E-state index in [1.165, 1.54) is 0 Å². The molecule has 9 heteroatoms. The van der Waals surface area contributed by atoms with Gasteiger partial charge >= 0.3 is 6.18 Å². The molecule has 2 aromatic rings. The van der Waals surface area contributed by atoms with Crippen molar-refractivity contribution in [3.05, 3.63) is 62.3 Å². The topological polar surface area (TPSA) is 42.0 Å². The molecule has 1 N–H and O–H groups in total. The third-order valence-corrected chi connectivity index (χ3v) is 3.57. The zero-order valence-electron chi connectivity index (χ0n) is 14.0. The third kappa shape index (κ3) is 4.28. The number of aromatic nitrogens is 1. The number of carbonyl (C=O) groups is 1. The second-order valence-corrected chi connectivity index (χ2v) is 5.37. The summed E-state index contributed by atoms with van der Waals surface area (Å²) in [4.78, 5) is 15.8. The number of benzene rings is 1. The van der Waals surface area contributed by atoms with Crippen LogP contribution in [-0.2, 0) is 12.7 Å². The lowest BCUT2D eigenvalue weighted by Gasteiger charge is -2.11. The summed E-state index contributed by atoms with van der Waals surface area (Å²) in [6.45, 7) is -0.342. The monoisotopic (exact) mass is 385 g/mol. The van der Waals surface area contributed by atoms with Crippen LogP contribution >= 0.6 is 34.8 Å². The van der Waals surface area contributed by atoms with Crippen molar-refractivity contribution in [1.29, 1.82) is 0 Å². The SMILES string of the molecule is [2H]c1c([2H])c(Cl)c(C(=O)NCc2ncc(C(F)(F)F)cc2Cl)c(Cl)c1[2H]. The maximum Gasteiger partial charge on any atom is 0.417 e. The first kappa shape index (κ1) is 13.9. The van der Waals surface area contributed by atoms with Gasteiger partial charge in [-0.15, -0.1) is 0 Å². The highest BCUT2D eigenvalue weighted by Gasteiger charge is 2.31. The minimum Gasteiger partial charge on any atom is -0.346 e. The molecule has 0 saturated heterocycles. The normalized spacial score (nSPS) is 13.2. The van der Waals surface area contributed by atoms with Crippen LogP contribution in [0, 0.1) is 0 Å². The van der Waals surface area contributed by atoms with Crippen LogP contribution in [0.5, 0.6) is 0 Å². The summed E-state index contributed by atoms with van der Waals surface area (Å²) in [5.74, 6) is -0.889. The second kappa shape index (κ2) is 6.95. The second-order valence-electron chi connectivity index (χ2n) is 4.21. The van der Waals surface area contributed by atoms with Gasteiger partial charge in [-0.2, -0.15) is 13.2 Å². The quantitative estimate of drug-likeness (QED) is 0.807. The number of pyridine rings is 1. The van der Waals surface area contributed by atoms with Crippen molar-refractivity contribution in [3.63, 3.8) is 0 Å². The summed E-state index contributed by atoms with van der Waals surface area (Å²) in [6, 6.07) is -0.952. The van der Waals surface area contributed by atoms with E-state index < -0.39 is 45.8 Å². The Morgan fingerprint density at radius 2 is 1.83 bits per heavy atom. The van der Waals surface area contributed by atoms with Crippen molar-refractivity contribution in [1.82, 2.24) is 10.3 Å². The van der Waals surface area contributed by atoms with E-state index in [9.17, 15) is 18.0 Å². The number of halogens is 6. The van der Waals surface area contributed by atoms with Crippen LogP contribution in [0.3, 0.4) is 0 Å². The lowest BCUT2D eigenvalue weighted by Crippen LogP contribution is -2.24. The van der Waals surface area contributed by atoms with E-state index in [-0.39, 0.29) is 22.8 Å². The number of hydrogen-bond donors (Lipinski definition) is 1. The van der Waals surface area contributed by atoms with Gasteiger partial charge in [-0.25, -0.2) is 0 Å². The Balaban J connectivity index is 2.25. The molecule has 0 aliphatic carbocycles. The molecule has 0 saturated carbocycles. The summed E-state index contributed by atoms with van der Waals surface area (Å²) in [5, 5.41) is 1.17. The Labute approximate surface area is 148 Å². The molecule has 0 spiro atoms. The van der Waals surface area contributed by atoms with E-state index in [0.717, 1.165) is 0 Å². The molecule has 0 aliphatic rings. The molecule has 2 rings (SSSR count). The number of amides is 1. The van der Waals surface area contributed by atoms with Crippen LogP contribution in [0.1, 0.15) is 25.7 Å². The van der Waals surface area contributed by atoms with Gasteiger partial charge in [-0.05, 0) is 18.2 Å². The predicted octanol–water partition coefficient (Wildman–Crippen LogP) is 4.99. The molecule has 1 heterocycles. The highest BCUT2D eigenvalue weighted by Crippen LogP contribution is 2.31. The van der Waals surface area contributed by atoms with Crippen LogP contribution < -0.4 is 5.32 Å². The van der Waals surface area contributed by atoms with Crippen molar-refractivity contribution >= 4 is 40.7 Å². The van der Waals surface area contributed by atoms with Gasteiger partial charge < -0.3 is 5.32 Å². The molecule has 0 fully saturated rings. The molecule has 1 amide bonds. The summed E-state index contributed by atoms with van der Waals surface area (Å²) in [5.41, 5.74) is -1.45. The average molecular weight is 387 g/mol. The van der Waals surface area contributed by atoms with E-state index in [4.69, 9.17) is 38.9 Å².